The monoisotopic (exact) mass is 364 g/mol. The second-order valence-electron chi connectivity index (χ2n) is 6.35. The number of nitrogens with one attached hydrogen (secondary N) is 2. The molecular formula is C18H28N4O4. The Bertz CT molecular complexity index is 585. The number of hydrogen-bond donors (Lipinski definition) is 2. The standard InChI is InChI=1S/C18H28N4O4/c1-14(17-5-3-12-26-17)21-18(19-10-4-11-25-2)20-13-15-6-8-16(9-7-15)22(23)24/h6-9,14,17H,3-5,10-13H2,1-2H3,(H2,19,20,21). The Morgan fingerprint density at radius 1 is 1.46 bits per heavy atom. The molecule has 1 aliphatic rings. The number of guanidine groups is 1. The van der Waals surface area contributed by atoms with Gasteiger partial charge in [-0.25, -0.2) is 4.99 Å². The molecule has 2 N–H and O–H groups in total. The Balaban J connectivity index is 1.95. The molecule has 144 valence electrons. The molecule has 1 heterocycles. The fraction of sp³-hybridized carbons (Fsp3) is 0.611. The molecule has 0 aromatic heterocycles. The second-order valence-corrected chi connectivity index (χ2v) is 6.35. The summed E-state index contributed by atoms with van der Waals surface area (Å²) in [6, 6.07) is 6.61. The van der Waals surface area contributed by atoms with Gasteiger partial charge in [-0.05, 0) is 31.7 Å². The van der Waals surface area contributed by atoms with Crippen LogP contribution in [0.4, 0.5) is 5.69 Å². The Kier molecular flexibility index (Phi) is 8.30. The molecule has 1 aromatic carbocycles. The molecule has 1 saturated heterocycles. The van der Waals surface area contributed by atoms with Gasteiger partial charge in [0.15, 0.2) is 5.96 Å². The Hall–Kier alpha value is -2.19. The number of nitro groups is 1. The van der Waals surface area contributed by atoms with E-state index in [1.165, 1.54) is 12.1 Å². The lowest BCUT2D eigenvalue weighted by molar-refractivity contribution is -0.384. The van der Waals surface area contributed by atoms with Crippen LogP contribution in [0, 0.1) is 10.1 Å². The van der Waals surface area contributed by atoms with Crippen molar-refractivity contribution in [2.75, 3.05) is 26.9 Å². The van der Waals surface area contributed by atoms with Gasteiger partial charge in [0.2, 0.25) is 0 Å². The van der Waals surface area contributed by atoms with Crippen molar-refractivity contribution in [1.29, 1.82) is 0 Å². The lowest BCUT2D eigenvalue weighted by Gasteiger charge is -2.23. The van der Waals surface area contributed by atoms with Crippen molar-refractivity contribution in [3.8, 4) is 0 Å². The van der Waals surface area contributed by atoms with E-state index in [9.17, 15) is 10.1 Å². The van der Waals surface area contributed by atoms with Gasteiger partial charge in [-0.3, -0.25) is 10.1 Å². The maximum absolute atomic E-state index is 10.7. The van der Waals surface area contributed by atoms with Gasteiger partial charge >= 0.3 is 0 Å². The molecule has 0 bridgehead atoms. The van der Waals surface area contributed by atoms with Crippen molar-refractivity contribution in [3.05, 3.63) is 39.9 Å². The van der Waals surface area contributed by atoms with E-state index < -0.39 is 4.92 Å². The van der Waals surface area contributed by atoms with Crippen molar-refractivity contribution >= 4 is 11.6 Å². The van der Waals surface area contributed by atoms with E-state index in [-0.39, 0.29) is 17.8 Å². The molecule has 0 spiro atoms. The normalized spacial score (nSPS) is 18.5. The van der Waals surface area contributed by atoms with Crippen LogP contribution in [0.2, 0.25) is 0 Å². The van der Waals surface area contributed by atoms with Crippen LogP contribution < -0.4 is 10.6 Å². The number of hydrogen-bond acceptors (Lipinski definition) is 5. The summed E-state index contributed by atoms with van der Waals surface area (Å²) in [6.45, 7) is 4.78. The van der Waals surface area contributed by atoms with Crippen LogP contribution in [0.5, 0.6) is 0 Å². The summed E-state index contributed by atoms with van der Waals surface area (Å²) in [5, 5.41) is 17.4. The number of non-ortho nitro benzene ring substituents is 1. The van der Waals surface area contributed by atoms with Gasteiger partial charge in [0.25, 0.3) is 5.69 Å². The highest BCUT2D eigenvalue weighted by molar-refractivity contribution is 5.80. The van der Waals surface area contributed by atoms with Gasteiger partial charge in [-0.15, -0.1) is 0 Å². The Morgan fingerprint density at radius 2 is 2.23 bits per heavy atom. The zero-order valence-electron chi connectivity index (χ0n) is 15.4. The predicted octanol–water partition coefficient (Wildman–Crippen LogP) is 2.23. The maximum Gasteiger partial charge on any atom is 0.269 e. The summed E-state index contributed by atoms with van der Waals surface area (Å²) in [6.07, 6.45) is 3.21. The summed E-state index contributed by atoms with van der Waals surface area (Å²) in [7, 11) is 1.68. The predicted molar refractivity (Wildman–Crippen MR) is 100 cm³/mol. The van der Waals surface area contributed by atoms with Crippen molar-refractivity contribution < 1.29 is 14.4 Å². The lowest BCUT2D eigenvalue weighted by atomic mass is 10.1. The number of rotatable bonds is 9. The van der Waals surface area contributed by atoms with E-state index in [1.807, 2.05) is 0 Å². The van der Waals surface area contributed by atoms with Crippen LogP contribution in [-0.2, 0) is 16.0 Å². The summed E-state index contributed by atoms with van der Waals surface area (Å²) in [4.78, 5) is 14.9. The van der Waals surface area contributed by atoms with Crippen LogP contribution in [0.1, 0.15) is 31.7 Å². The summed E-state index contributed by atoms with van der Waals surface area (Å²) >= 11 is 0. The van der Waals surface area contributed by atoms with E-state index in [4.69, 9.17) is 9.47 Å². The van der Waals surface area contributed by atoms with Gasteiger partial charge in [-0.2, -0.15) is 0 Å². The topological polar surface area (TPSA) is 98.0 Å². The summed E-state index contributed by atoms with van der Waals surface area (Å²) in [5.41, 5.74) is 0.999. The van der Waals surface area contributed by atoms with Crippen LogP contribution in [0.25, 0.3) is 0 Å². The minimum Gasteiger partial charge on any atom is -0.385 e. The highest BCUT2D eigenvalue weighted by Crippen LogP contribution is 2.15. The van der Waals surface area contributed by atoms with E-state index in [0.29, 0.717) is 19.1 Å². The maximum atomic E-state index is 10.7. The quantitative estimate of drug-likeness (QED) is 0.229. The van der Waals surface area contributed by atoms with Gasteiger partial charge < -0.3 is 20.1 Å². The molecule has 0 aliphatic carbocycles. The third-order valence-corrected chi connectivity index (χ3v) is 4.27. The van der Waals surface area contributed by atoms with Crippen molar-refractivity contribution in [2.45, 2.75) is 44.9 Å². The minimum atomic E-state index is -0.402. The number of nitrogens with zero attached hydrogens (tertiary/aromatic N) is 2. The molecule has 1 aromatic rings. The molecule has 8 heteroatoms. The molecule has 0 amide bonds. The largest absolute Gasteiger partial charge is 0.385 e. The molecule has 8 nitrogen and oxygen atoms in total. The van der Waals surface area contributed by atoms with Crippen LogP contribution in [0.15, 0.2) is 29.3 Å². The van der Waals surface area contributed by atoms with E-state index in [2.05, 4.69) is 22.5 Å². The molecule has 1 aliphatic heterocycles. The fourth-order valence-corrected chi connectivity index (χ4v) is 2.77. The number of aliphatic imine (C=N–C) groups is 1. The van der Waals surface area contributed by atoms with Crippen molar-refractivity contribution in [3.63, 3.8) is 0 Å². The first-order chi connectivity index (χ1) is 12.6. The first kappa shape index (κ1) is 20.1. The zero-order chi connectivity index (χ0) is 18.8. The molecule has 0 radical (unpaired) electrons. The molecule has 26 heavy (non-hydrogen) atoms. The Morgan fingerprint density at radius 3 is 2.85 bits per heavy atom. The average Bonchev–Trinajstić information content (AvgIpc) is 3.18. The zero-order valence-corrected chi connectivity index (χ0v) is 15.4. The molecular weight excluding hydrogens is 336 g/mol. The Labute approximate surface area is 154 Å². The molecule has 0 saturated carbocycles. The third-order valence-electron chi connectivity index (χ3n) is 4.27. The van der Waals surface area contributed by atoms with Crippen LogP contribution in [0.3, 0.4) is 0 Å². The number of benzene rings is 1. The van der Waals surface area contributed by atoms with E-state index in [0.717, 1.165) is 38.0 Å². The highest BCUT2D eigenvalue weighted by atomic mass is 16.6. The smallest absolute Gasteiger partial charge is 0.269 e. The van der Waals surface area contributed by atoms with Gasteiger partial charge in [-0.1, -0.05) is 12.1 Å². The minimum absolute atomic E-state index is 0.0840. The van der Waals surface area contributed by atoms with Crippen molar-refractivity contribution in [2.24, 2.45) is 4.99 Å². The summed E-state index contributed by atoms with van der Waals surface area (Å²) < 4.78 is 10.8. The van der Waals surface area contributed by atoms with Crippen LogP contribution in [-0.4, -0.2) is 49.9 Å². The lowest BCUT2D eigenvalue weighted by Crippen LogP contribution is -2.47. The first-order valence-corrected chi connectivity index (χ1v) is 8.99. The number of ether oxygens (including phenoxy) is 2. The van der Waals surface area contributed by atoms with Gasteiger partial charge in [0.1, 0.15) is 0 Å². The van der Waals surface area contributed by atoms with Gasteiger partial charge in [0, 0.05) is 39.0 Å². The summed E-state index contributed by atoms with van der Waals surface area (Å²) in [5.74, 6) is 0.711. The number of nitro benzene ring substituents is 1. The first-order valence-electron chi connectivity index (χ1n) is 8.99. The SMILES string of the molecule is COCCCNC(=NCc1ccc([N+](=O)[O-])cc1)NC(C)C1CCCO1. The second kappa shape index (κ2) is 10.7. The molecule has 1 fully saturated rings. The third kappa shape index (κ3) is 6.61. The average molecular weight is 364 g/mol. The number of methoxy groups -OCH3 is 1. The molecule has 2 unspecified atom stereocenters. The van der Waals surface area contributed by atoms with E-state index in [1.54, 1.807) is 19.2 Å². The molecule has 2 rings (SSSR count). The fourth-order valence-electron chi connectivity index (χ4n) is 2.77. The highest BCUT2D eigenvalue weighted by Gasteiger charge is 2.23. The van der Waals surface area contributed by atoms with Gasteiger partial charge in [0.05, 0.1) is 23.6 Å². The molecule has 2 atom stereocenters. The van der Waals surface area contributed by atoms with E-state index >= 15 is 0 Å². The van der Waals surface area contributed by atoms with Crippen molar-refractivity contribution in [1.82, 2.24) is 10.6 Å². The van der Waals surface area contributed by atoms with Crippen LogP contribution >= 0.6 is 0 Å².